The van der Waals surface area contributed by atoms with Crippen LogP contribution < -0.4 is 14.4 Å². The average molecular weight is 1100 g/mol. The van der Waals surface area contributed by atoms with E-state index in [-0.39, 0.29) is 21.7 Å². The van der Waals surface area contributed by atoms with Crippen LogP contribution in [0.15, 0.2) is 224 Å². The van der Waals surface area contributed by atoms with Gasteiger partial charge in [-0.25, -0.2) is 0 Å². The molecule has 0 radical (unpaired) electrons. The molecule has 0 atom stereocenters. The van der Waals surface area contributed by atoms with E-state index in [1.807, 2.05) is 0 Å². The molecule has 0 aromatic heterocycles. The van der Waals surface area contributed by atoms with Crippen molar-refractivity contribution in [2.24, 2.45) is 0 Å². The van der Waals surface area contributed by atoms with Crippen LogP contribution in [-0.4, -0.2) is 0 Å². The van der Waals surface area contributed by atoms with Crippen molar-refractivity contribution < 1.29 is 9.47 Å². The number of hydrogen-bond acceptors (Lipinski definition) is 3. The molecule has 2 aliphatic heterocycles. The standard InChI is InChI=1S/C82H73NO2/c1-77(2,3)51-32-38-59-60-39-33-52(78(4,5)6)45-67(60)81(66(59)44-51)64-27-16-19-30-73(64)84-75-42-36-55(48-70(75)81)83(72-29-18-15-25-63(72)58-26-21-23-50-22-13-14-24-57(50)58)56-37-43-76-71(49-56)82(65-28-17-20-31-74(65)85-76)68-46-53(79(7,8)9)34-40-61(68)62-41-35-54(47-69(62)82)80(10,11)12/h13-49H,1-12H3. The van der Waals surface area contributed by atoms with Gasteiger partial charge in [0.05, 0.1) is 16.5 Å². The van der Waals surface area contributed by atoms with Crippen LogP contribution in [0.1, 0.15) is 150 Å². The van der Waals surface area contributed by atoms with Crippen LogP contribution in [0.25, 0.3) is 44.2 Å². The molecule has 2 heterocycles. The second-order valence-corrected chi connectivity index (χ2v) is 28.5. The summed E-state index contributed by atoms with van der Waals surface area (Å²) in [5.41, 5.74) is 23.4. The van der Waals surface area contributed by atoms with Gasteiger partial charge in [0.1, 0.15) is 23.0 Å². The molecule has 0 N–H and O–H groups in total. The lowest BCUT2D eigenvalue weighted by atomic mass is 9.64. The Morgan fingerprint density at radius 1 is 0.271 bits per heavy atom. The van der Waals surface area contributed by atoms with Gasteiger partial charge in [-0.05, 0) is 159 Å². The molecule has 11 aromatic carbocycles. The van der Waals surface area contributed by atoms with E-state index in [9.17, 15) is 0 Å². The molecule has 2 aliphatic carbocycles. The molecule has 4 aliphatic rings. The molecule has 15 rings (SSSR count). The van der Waals surface area contributed by atoms with Gasteiger partial charge in [-0.15, -0.1) is 0 Å². The van der Waals surface area contributed by atoms with Gasteiger partial charge in [0.2, 0.25) is 0 Å². The lowest BCUT2D eigenvalue weighted by Crippen LogP contribution is -2.33. The molecule has 85 heavy (non-hydrogen) atoms. The van der Waals surface area contributed by atoms with Crippen LogP contribution in [0.2, 0.25) is 0 Å². The van der Waals surface area contributed by atoms with E-state index in [1.54, 1.807) is 0 Å². The molecule has 0 unspecified atom stereocenters. The Labute approximate surface area is 502 Å². The quantitative estimate of drug-likeness (QED) is 0.175. The maximum absolute atomic E-state index is 7.25. The van der Waals surface area contributed by atoms with Gasteiger partial charge in [-0.2, -0.15) is 0 Å². The molecule has 0 saturated heterocycles. The van der Waals surface area contributed by atoms with Crippen molar-refractivity contribution >= 4 is 27.8 Å². The van der Waals surface area contributed by atoms with E-state index < -0.39 is 10.8 Å². The zero-order chi connectivity index (χ0) is 58.7. The molecular formula is C82H73NO2. The van der Waals surface area contributed by atoms with E-state index in [4.69, 9.17) is 9.47 Å². The first-order valence-electron chi connectivity index (χ1n) is 30.5. The predicted octanol–water partition coefficient (Wildman–Crippen LogP) is 22.1. The first-order valence-corrected chi connectivity index (χ1v) is 30.5. The topological polar surface area (TPSA) is 21.7 Å². The number of benzene rings is 11. The number of hydrogen-bond donors (Lipinski definition) is 0. The Morgan fingerprint density at radius 2 is 0.624 bits per heavy atom. The van der Waals surface area contributed by atoms with Crippen LogP contribution in [0.4, 0.5) is 17.1 Å². The third-order valence-corrected chi connectivity index (χ3v) is 19.2. The van der Waals surface area contributed by atoms with E-state index in [0.717, 1.165) is 67.9 Å². The highest BCUT2D eigenvalue weighted by molar-refractivity contribution is 6.02. The maximum Gasteiger partial charge on any atom is 0.132 e. The van der Waals surface area contributed by atoms with Crippen LogP contribution >= 0.6 is 0 Å². The second-order valence-electron chi connectivity index (χ2n) is 28.5. The molecule has 11 aromatic rings. The average Bonchev–Trinajstić information content (AvgIpc) is 1.75. The summed E-state index contributed by atoms with van der Waals surface area (Å²) in [7, 11) is 0. The number of rotatable bonds is 4. The summed E-state index contributed by atoms with van der Waals surface area (Å²) in [5, 5.41) is 2.40. The SMILES string of the molecule is CC(C)(C)c1ccc2c(c1)C1(c3ccccc3Oc3ccc(N(c4ccc5c(c4)C4(c6ccccc6O5)c5cc(C(C)(C)C)ccc5-c5ccc(C(C)(C)C)cc54)c4ccccc4-c4cccc5ccccc45)cc31)c1cc(C(C)(C)C)ccc1-2. The fourth-order valence-corrected chi connectivity index (χ4v) is 14.8. The fourth-order valence-electron chi connectivity index (χ4n) is 14.8. The molecule has 3 heteroatoms. The van der Waals surface area contributed by atoms with Crippen LogP contribution in [0.5, 0.6) is 23.0 Å². The molecule has 0 saturated carbocycles. The Morgan fingerprint density at radius 3 is 1.06 bits per heavy atom. The maximum atomic E-state index is 7.25. The smallest absolute Gasteiger partial charge is 0.132 e. The van der Waals surface area contributed by atoms with E-state index >= 15 is 0 Å². The van der Waals surface area contributed by atoms with E-state index in [0.29, 0.717) is 0 Å². The molecule has 0 amide bonds. The zero-order valence-electron chi connectivity index (χ0n) is 51.1. The van der Waals surface area contributed by atoms with Crippen molar-refractivity contribution in [1.82, 2.24) is 0 Å². The number of ether oxygens (including phenoxy) is 2. The van der Waals surface area contributed by atoms with Gasteiger partial charge < -0.3 is 14.4 Å². The summed E-state index contributed by atoms with van der Waals surface area (Å²) < 4.78 is 14.5. The lowest BCUT2D eigenvalue weighted by molar-refractivity contribution is 0.436. The predicted molar refractivity (Wildman–Crippen MR) is 354 cm³/mol. The first-order chi connectivity index (χ1) is 40.6. The van der Waals surface area contributed by atoms with Crippen molar-refractivity contribution in [2.75, 3.05) is 4.90 Å². The largest absolute Gasteiger partial charge is 0.457 e. The van der Waals surface area contributed by atoms with Gasteiger partial charge in [0.25, 0.3) is 0 Å². The number of nitrogens with zero attached hydrogens (tertiary/aromatic N) is 1. The number of para-hydroxylation sites is 3. The van der Waals surface area contributed by atoms with Crippen molar-refractivity contribution in [3.05, 3.63) is 291 Å². The minimum atomic E-state index is -0.738. The van der Waals surface area contributed by atoms with Crippen LogP contribution in [0.3, 0.4) is 0 Å². The summed E-state index contributed by atoms with van der Waals surface area (Å²) in [6.45, 7) is 28.0. The summed E-state index contributed by atoms with van der Waals surface area (Å²) >= 11 is 0. The highest BCUT2D eigenvalue weighted by Crippen LogP contribution is 2.66. The molecule has 3 nitrogen and oxygen atoms in total. The van der Waals surface area contributed by atoms with Gasteiger partial charge in [0, 0.05) is 39.2 Å². The number of anilines is 3. The monoisotopic (exact) mass is 1100 g/mol. The van der Waals surface area contributed by atoms with Gasteiger partial charge in [0.15, 0.2) is 0 Å². The highest BCUT2D eigenvalue weighted by Gasteiger charge is 2.54. The molecule has 0 bridgehead atoms. The molecule has 418 valence electrons. The van der Waals surface area contributed by atoms with Gasteiger partial charge in [-0.3, -0.25) is 0 Å². The minimum Gasteiger partial charge on any atom is -0.457 e. The third-order valence-electron chi connectivity index (χ3n) is 19.2. The van der Waals surface area contributed by atoms with Crippen molar-refractivity contribution in [3.8, 4) is 56.4 Å². The Kier molecular flexibility index (Phi) is 11.4. The lowest BCUT2D eigenvalue weighted by Gasteiger charge is -2.42. The minimum absolute atomic E-state index is 0.101. The van der Waals surface area contributed by atoms with Crippen molar-refractivity contribution in [2.45, 2.75) is 116 Å². The first kappa shape index (κ1) is 52.9. The van der Waals surface area contributed by atoms with Gasteiger partial charge in [-0.1, -0.05) is 253 Å². The molecular weight excluding hydrogens is 1030 g/mol. The highest BCUT2D eigenvalue weighted by atomic mass is 16.5. The van der Waals surface area contributed by atoms with Crippen LogP contribution in [0, 0.1) is 0 Å². The number of fused-ring (bicyclic) bond motifs is 19. The third kappa shape index (κ3) is 7.78. The zero-order valence-corrected chi connectivity index (χ0v) is 51.1. The normalized spacial score (nSPS) is 14.7. The Balaban J connectivity index is 1.06. The summed E-state index contributed by atoms with van der Waals surface area (Å²) in [6, 6.07) is 85.2. The summed E-state index contributed by atoms with van der Waals surface area (Å²) in [4.78, 5) is 2.53. The van der Waals surface area contributed by atoms with Crippen LogP contribution in [-0.2, 0) is 32.5 Å². The fraction of sp³-hybridized carbons (Fsp3) is 0.220. The summed E-state index contributed by atoms with van der Waals surface area (Å²) in [6.07, 6.45) is 0. The van der Waals surface area contributed by atoms with E-state index in [2.05, 4.69) is 312 Å². The van der Waals surface area contributed by atoms with Gasteiger partial charge >= 0.3 is 0 Å². The van der Waals surface area contributed by atoms with E-state index in [1.165, 1.54) is 83.1 Å². The van der Waals surface area contributed by atoms with Crippen molar-refractivity contribution in [3.63, 3.8) is 0 Å². The molecule has 0 fully saturated rings. The Bertz CT molecular complexity index is 4240. The Hall–Kier alpha value is -8.92. The van der Waals surface area contributed by atoms with Crippen molar-refractivity contribution in [1.29, 1.82) is 0 Å². The summed E-state index contributed by atoms with van der Waals surface area (Å²) in [5.74, 6) is 3.46. The second kappa shape index (κ2) is 18.3. The molecule has 2 spiro atoms.